The fourth-order valence-corrected chi connectivity index (χ4v) is 2.75. The van der Waals surface area contributed by atoms with Crippen LogP contribution in [0.1, 0.15) is 20.8 Å². The van der Waals surface area contributed by atoms with E-state index < -0.39 is 5.60 Å². The van der Waals surface area contributed by atoms with E-state index in [2.05, 4.69) is 9.88 Å². The predicted molar refractivity (Wildman–Crippen MR) is 93.4 cm³/mol. The Morgan fingerprint density at radius 3 is 2.54 bits per heavy atom. The van der Waals surface area contributed by atoms with Gasteiger partial charge in [-0.15, -0.1) is 0 Å². The third-order valence-corrected chi connectivity index (χ3v) is 3.95. The standard InChI is InChI=1S/C18H23N3O3/c1-18(2,3)24-17(23)21-8-6-20(7-9-21)14-10-13-11-15(22)4-5-16(13)19-12-14/h4-5,10-12,22H,6-9H2,1-3H3. The number of hydrogen-bond acceptors (Lipinski definition) is 5. The number of phenolic OH excluding ortho intramolecular Hbond substituents is 1. The number of carbonyl (C=O) groups is 1. The van der Waals surface area contributed by atoms with E-state index in [1.807, 2.05) is 33.0 Å². The third kappa shape index (κ3) is 3.69. The van der Waals surface area contributed by atoms with Gasteiger partial charge in [0, 0.05) is 31.6 Å². The van der Waals surface area contributed by atoms with Crippen molar-refractivity contribution in [2.75, 3.05) is 31.1 Å². The van der Waals surface area contributed by atoms with E-state index in [1.165, 1.54) is 0 Å². The van der Waals surface area contributed by atoms with E-state index in [4.69, 9.17) is 4.74 Å². The Morgan fingerprint density at radius 2 is 1.88 bits per heavy atom. The molecule has 0 saturated carbocycles. The minimum absolute atomic E-state index is 0.233. The van der Waals surface area contributed by atoms with Crippen molar-refractivity contribution in [1.82, 2.24) is 9.88 Å². The second-order valence-corrected chi connectivity index (χ2v) is 7.02. The molecule has 2 aromatic rings. The molecule has 1 N–H and O–H groups in total. The molecule has 1 aromatic heterocycles. The fourth-order valence-electron chi connectivity index (χ4n) is 2.75. The number of amides is 1. The molecule has 3 rings (SSSR count). The first-order valence-corrected chi connectivity index (χ1v) is 8.13. The molecule has 2 heterocycles. The van der Waals surface area contributed by atoms with Gasteiger partial charge in [0.2, 0.25) is 0 Å². The zero-order valence-electron chi connectivity index (χ0n) is 14.3. The minimum Gasteiger partial charge on any atom is -0.508 e. The van der Waals surface area contributed by atoms with Gasteiger partial charge in [0.1, 0.15) is 11.4 Å². The van der Waals surface area contributed by atoms with Crippen molar-refractivity contribution in [3.05, 3.63) is 30.5 Å². The summed E-state index contributed by atoms with van der Waals surface area (Å²) in [6, 6.07) is 7.16. The number of piperazine rings is 1. The quantitative estimate of drug-likeness (QED) is 0.871. The molecule has 1 amide bonds. The SMILES string of the molecule is CC(C)(C)OC(=O)N1CCN(c2cnc3ccc(O)cc3c2)CC1. The number of pyridine rings is 1. The normalized spacial score (nSPS) is 15.6. The molecule has 1 fully saturated rings. The molecule has 0 atom stereocenters. The van der Waals surface area contributed by atoms with Crippen molar-refractivity contribution in [3.8, 4) is 5.75 Å². The van der Waals surface area contributed by atoms with E-state index in [-0.39, 0.29) is 11.8 Å². The number of anilines is 1. The predicted octanol–water partition coefficient (Wildman–Crippen LogP) is 3.00. The number of aromatic nitrogens is 1. The lowest BCUT2D eigenvalue weighted by atomic mass is 10.2. The lowest BCUT2D eigenvalue weighted by Crippen LogP contribution is -2.50. The Balaban J connectivity index is 1.67. The van der Waals surface area contributed by atoms with E-state index >= 15 is 0 Å². The van der Waals surface area contributed by atoms with Crippen molar-refractivity contribution < 1.29 is 14.6 Å². The van der Waals surface area contributed by atoms with E-state index in [9.17, 15) is 9.90 Å². The number of nitrogens with zero attached hydrogens (tertiary/aromatic N) is 3. The van der Waals surface area contributed by atoms with Crippen molar-refractivity contribution in [2.24, 2.45) is 0 Å². The van der Waals surface area contributed by atoms with Crippen LogP contribution >= 0.6 is 0 Å². The maximum absolute atomic E-state index is 12.1. The highest BCUT2D eigenvalue weighted by atomic mass is 16.6. The van der Waals surface area contributed by atoms with Gasteiger partial charge in [0.05, 0.1) is 17.4 Å². The molecule has 24 heavy (non-hydrogen) atoms. The van der Waals surface area contributed by atoms with Crippen LogP contribution in [0.5, 0.6) is 5.75 Å². The Labute approximate surface area is 141 Å². The molecule has 0 unspecified atom stereocenters. The van der Waals surface area contributed by atoms with Gasteiger partial charge in [-0.25, -0.2) is 4.79 Å². The molecule has 6 heteroatoms. The summed E-state index contributed by atoms with van der Waals surface area (Å²) in [6.45, 7) is 8.31. The van der Waals surface area contributed by atoms with Crippen LogP contribution < -0.4 is 4.90 Å². The number of aromatic hydroxyl groups is 1. The lowest BCUT2D eigenvalue weighted by Gasteiger charge is -2.36. The zero-order chi connectivity index (χ0) is 17.3. The highest BCUT2D eigenvalue weighted by molar-refractivity contribution is 5.83. The van der Waals surface area contributed by atoms with Gasteiger partial charge in [-0.2, -0.15) is 0 Å². The van der Waals surface area contributed by atoms with E-state index in [1.54, 1.807) is 23.1 Å². The summed E-state index contributed by atoms with van der Waals surface area (Å²) in [5.41, 5.74) is 1.37. The van der Waals surface area contributed by atoms with Gasteiger partial charge in [0.25, 0.3) is 0 Å². The number of rotatable bonds is 1. The van der Waals surface area contributed by atoms with Gasteiger partial charge >= 0.3 is 6.09 Å². The maximum atomic E-state index is 12.1. The molecule has 1 aliphatic heterocycles. The molecular weight excluding hydrogens is 306 g/mol. The van der Waals surface area contributed by atoms with Crippen LogP contribution in [0.25, 0.3) is 10.9 Å². The number of ether oxygens (including phenoxy) is 1. The average Bonchev–Trinajstić information content (AvgIpc) is 2.52. The third-order valence-electron chi connectivity index (χ3n) is 3.95. The number of phenols is 1. The van der Waals surface area contributed by atoms with E-state index in [0.29, 0.717) is 13.1 Å². The largest absolute Gasteiger partial charge is 0.508 e. The van der Waals surface area contributed by atoms with Crippen LogP contribution in [-0.4, -0.2) is 52.9 Å². The van der Waals surface area contributed by atoms with E-state index in [0.717, 1.165) is 29.7 Å². The first kappa shape index (κ1) is 16.4. The summed E-state index contributed by atoms with van der Waals surface area (Å²) in [6.07, 6.45) is 1.58. The Bertz CT molecular complexity index is 747. The van der Waals surface area contributed by atoms with Crippen LogP contribution in [0.4, 0.5) is 10.5 Å². The monoisotopic (exact) mass is 329 g/mol. The summed E-state index contributed by atoms with van der Waals surface area (Å²) in [5, 5.41) is 10.5. The number of benzene rings is 1. The van der Waals surface area contributed by atoms with Crippen molar-refractivity contribution in [2.45, 2.75) is 26.4 Å². The molecule has 1 aromatic carbocycles. The fraction of sp³-hybridized carbons (Fsp3) is 0.444. The van der Waals surface area contributed by atoms with Crippen LogP contribution in [0.2, 0.25) is 0 Å². The summed E-state index contributed by atoms with van der Waals surface area (Å²) in [5.74, 6) is 0.233. The summed E-state index contributed by atoms with van der Waals surface area (Å²) in [7, 11) is 0. The lowest BCUT2D eigenvalue weighted by molar-refractivity contribution is 0.0240. The van der Waals surface area contributed by atoms with Gasteiger partial charge in [-0.3, -0.25) is 4.98 Å². The molecule has 0 bridgehead atoms. The molecule has 0 aliphatic carbocycles. The first-order chi connectivity index (χ1) is 11.3. The molecule has 128 valence electrons. The van der Waals surface area contributed by atoms with Gasteiger partial charge < -0.3 is 19.6 Å². The van der Waals surface area contributed by atoms with Crippen LogP contribution in [0.15, 0.2) is 30.5 Å². The number of fused-ring (bicyclic) bond motifs is 1. The molecule has 6 nitrogen and oxygen atoms in total. The molecule has 1 saturated heterocycles. The summed E-state index contributed by atoms with van der Waals surface area (Å²) < 4.78 is 5.42. The van der Waals surface area contributed by atoms with Gasteiger partial charge in [-0.05, 0) is 45.0 Å². The van der Waals surface area contributed by atoms with Crippen molar-refractivity contribution >= 4 is 22.7 Å². The Morgan fingerprint density at radius 1 is 1.17 bits per heavy atom. The Kier molecular flexibility index (Phi) is 4.22. The molecule has 0 radical (unpaired) electrons. The average molecular weight is 329 g/mol. The smallest absolute Gasteiger partial charge is 0.410 e. The number of carbonyl (C=O) groups excluding carboxylic acids is 1. The summed E-state index contributed by atoms with van der Waals surface area (Å²) in [4.78, 5) is 20.5. The molecule has 0 spiro atoms. The van der Waals surface area contributed by atoms with Crippen LogP contribution in [-0.2, 0) is 4.74 Å². The van der Waals surface area contributed by atoms with Crippen LogP contribution in [0, 0.1) is 0 Å². The van der Waals surface area contributed by atoms with Crippen molar-refractivity contribution in [1.29, 1.82) is 0 Å². The topological polar surface area (TPSA) is 65.9 Å². The summed E-state index contributed by atoms with van der Waals surface area (Å²) >= 11 is 0. The highest BCUT2D eigenvalue weighted by Gasteiger charge is 2.26. The highest BCUT2D eigenvalue weighted by Crippen LogP contribution is 2.24. The zero-order valence-corrected chi connectivity index (χ0v) is 14.3. The second-order valence-electron chi connectivity index (χ2n) is 7.02. The van der Waals surface area contributed by atoms with Crippen LogP contribution in [0.3, 0.4) is 0 Å². The minimum atomic E-state index is -0.474. The molecular formula is C18H23N3O3. The molecule has 1 aliphatic rings. The van der Waals surface area contributed by atoms with Crippen molar-refractivity contribution in [3.63, 3.8) is 0 Å². The maximum Gasteiger partial charge on any atom is 0.410 e. The van der Waals surface area contributed by atoms with Gasteiger partial charge in [0.15, 0.2) is 0 Å². The Hall–Kier alpha value is -2.50. The first-order valence-electron chi connectivity index (χ1n) is 8.13. The second kappa shape index (κ2) is 6.19. The van der Waals surface area contributed by atoms with Gasteiger partial charge in [-0.1, -0.05) is 0 Å². The number of hydrogen-bond donors (Lipinski definition) is 1.